The average Bonchev–Trinajstić information content (AvgIpc) is 2.74. The van der Waals surface area contributed by atoms with Crippen LogP contribution in [-0.2, 0) is 0 Å². The van der Waals surface area contributed by atoms with Crippen molar-refractivity contribution in [3.05, 3.63) is 40.2 Å². The van der Waals surface area contributed by atoms with E-state index in [4.69, 9.17) is 11.6 Å². The molecule has 0 saturated carbocycles. The first-order valence-corrected chi connectivity index (χ1v) is 6.11. The van der Waals surface area contributed by atoms with E-state index >= 15 is 0 Å². The number of halogens is 2. The minimum absolute atomic E-state index is 0.276. The average molecular weight is 268 g/mol. The van der Waals surface area contributed by atoms with Gasteiger partial charge in [-0.15, -0.1) is 5.10 Å². The summed E-state index contributed by atoms with van der Waals surface area (Å²) < 4.78 is 15.7. The maximum absolute atomic E-state index is 13.8. The van der Waals surface area contributed by atoms with E-state index in [2.05, 4.69) is 10.1 Å². The minimum Gasteiger partial charge on any atom is -0.217 e. The predicted molar refractivity (Wildman–Crippen MR) is 66.0 cm³/mol. The Morgan fingerprint density at radius 2 is 2.24 bits per heavy atom. The topological polar surface area (TPSA) is 30.2 Å². The van der Waals surface area contributed by atoms with Crippen molar-refractivity contribution in [2.24, 2.45) is 0 Å². The zero-order chi connectivity index (χ0) is 12.0. The molecule has 0 bridgehead atoms. The molecule has 6 heteroatoms. The van der Waals surface area contributed by atoms with Gasteiger partial charge in [-0.25, -0.2) is 13.9 Å². The third-order valence-corrected chi connectivity index (χ3v) is 3.44. The molecule has 0 unspecified atom stereocenters. The molecule has 86 valence electrons. The Bertz CT molecular complexity index is 672. The molecule has 0 atom stereocenters. The van der Waals surface area contributed by atoms with Crippen LogP contribution in [0.25, 0.3) is 16.2 Å². The SMILES string of the molecule is Cc1ccc(-c2cn3nc(Cl)sc3n2)c(F)c1. The van der Waals surface area contributed by atoms with Crippen LogP contribution in [0.5, 0.6) is 0 Å². The number of aryl methyl sites for hydroxylation is 1. The van der Waals surface area contributed by atoms with Gasteiger partial charge >= 0.3 is 0 Å². The normalized spacial score (nSPS) is 11.2. The van der Waals surface area contributed by atoms with Gasteiger partial charge in [-0.3, -0.25) is 0 Å². The summed E-state index contributed by atoms with van der Waals surface area (Å²) in [5.41, 5.74) is 1.93. The van der Waals surface area contributed by atoms with Gasteiger partial charge in [0.15, 0.2) is 0 Å². The highest BCUT2D eigenvalue weighted by Gasteiger charge is 2.11. The number of hydrogen-bond donors (Lipinski definition) is 0. The monoisotopic (exact) mass is 267 g/mol. The molecule has 2 heterocycles. The number of rotatable bonds is 1. The Morgan fingerprint density at radius 1 is 1.41 bits per heavy atom. The second kappa shape index (κ2) is 3.78. The van der Waals surface area contributed by atoms with E-state index in [0.717, 1.165) is 5.56 Å². The van der Waals surface area contributed by atoms with Gasteiger partial charge in [-0.05, 0) is 36.2 Å². The molecule has 2 aromatic heterocycles. The van der Waals surface area contributed by atoms with E-state index in [1.54, 1.807) is 16.8 Å². The van der Waals surface area contributed by atoms with Crippen LogP contribution < -0.4 is 0 Å². The molecule has 3 nitrogen and oxygen atoms in total. The van der Waals surface area contributed by atoms with Crippen molar-refractivity contribution in [3.8, 4) is 11.3 Å². The van der Waals surface area contributed by atoms with Crippen molar-refractivity contribution < 1.29 is 4.39 Å². The fourth-order valence-corrected chi connectivity index (χ4v) is 2.53. The number of hydrogen-bond acceptors (Lipinski definition) is 3. The van der Waals surface area contributed by atoms with Gasteiger partial charge < -0.3 is 0 Å². The van der Waals surface area contributed by atoms with E-state index < -0.39 is 0 Å². The molecule has 0 aliphatic heterocycles. The first kappa shape index (κ1) is 10.7. The van der Waals surface area contributed by atoms with Crippen molar-refractivity contribution >= 4 is 27.9 Å². The molecule has 0 radical (unpaired) electrons. The van der Waals surface area contributed by atoms with Gasteiger partial charge in [0.05, 0.1) is 11.9 Å². The quantitative estimate of drug-likeness (QED) is 0.675. The number of benzene rings is 1. The lowest BCUT2D eigenvalue weighted by atomic mass is 10.1. The van der Waals surface area contributed by atoms with Crippen LogP contribution in [0.15, 0.2) is 24.4 Å². The number of nitrogens with zero attached hydrogens (tertiary/aromatic N) is 3. The maximum Gasteiger partial charge on any atom is 0.213 e. The molecule has 0 N–H and O–H groups in total. The van der Waals surface area contributed by atoms with Crippen LogP contribution in [0.1, 0.15) is 5.56 Å². The molecular weight excluding hydrogens is 261 g/mol. The van der Waals surface area contributed by atoms with E-state index in [1.165, 1.54) is 17.4 Å². The summed E-state index contributed by atoms with van der Waals surface area (Å²) in [6, 6.07) is 5.06. The van der Waals surface area contributed by atoms with Crippen molar-refractivity contribution in [2.75, 3.05) is 0 Å². The fourth-order valence-electron chi connectivity index (χ4n) is 1.63. The van der Waals surface area contributed by atoms with Crippen LogP contribution in [0, 0.1) is 12.7 Å². The molecule has 0 aliphatic carbocycles. The van der Waals surface area contributed by atoms with Crippen LogP contribution in [0.4, 0.5) is 4.39 Å². The van der Waals surface area contributed by atoms with Crippen LogP contribution in [-0.4, -0.2) is 14.6 Å². The Morgan fingerprint density at radius 3 is 2.94 bits per heavy atom. The van der Waals surface area contributed by atoms with Crippen LogP contribution in [0.3, 0.4) is 0 Å². The predicted octanol–water partition coefficient (Wildman–Crippen LogP) is 3.56. The molecule has 0 spiro atoms. The molecule has 0 saturated heterocycles. The highest BCUT2D eigenvalue weighted by Crippen LogP contribution is 2.26. The summed E-state index contributed by atoms with van der Waals surface area (Å²) in [6.07, 6.45) is 1.67. The summed E-state index contributed by atoms with van der Waals surface area (Å²) in [7, 11) is 0. The Balaban J connectivity index is 2.16. The molecule has 0 fully saturated rings. The molecule has 3 rings (SSSR count). The van der Waals surface area contributed by atoms with Crippen molar-refractivity contribution in [3.63, 3.8) is 0 Å². The molecule has 3 aromatic rings. The Labute approximate surface area is 105 Å². The smallest absolute Gasteiger partial charge is 0.213 e. The zero-order valence-electron chi connectivity index (χ0n) is 8.82. The van der Waals surface area contributed by atoms with E-state index in [-0.39, 0.29) is 5.82 Å². The van der Waals surface area contributed by atoms with Crippen molar-refractivity contribution in [1.29, 1.82) is 0 Å². The highest BCUT2D eigenvalue weighted by molar-refractivity contribution is 7.20. The summed E-state index contributed by atoms with van der Waals surface area (Å²) in [5.74, 6) is -0.276. The Hall–Kier alpha value is -1.46. The van der Waals surface area contributed by atoms with Gasteiger partial charge in [0.1, 0.15) is 5.82 Å². The van der Waals surface area contributed by atoms with Gasteiger partial charge in [-0.2, -0.15) is 0 Å². The third kappa shape index (κ3) is 1.81. The molecular formula is C11H7ClFN3S. The lowest BCUT2D eigenvalue weighted by molar-refractivity contribution is 0.629. The molecule has 1 aromatic carbocycles. The first-order chi connectivity index (χ1) is 8.13. The van der Waals surface area contributed by atoms with Crippen molar-refractivity contribution in [1.82, 2.24) is 14.6 Å². The van der Waals surface area contributed by atoms with Crippen molar-refractivity contribution in [2.45, 2.75) is 6.92 Å². The second-order valence-corrected chi connectivity index (χ2v) is 5.23. The molecule has 0 amide bonds. The number of imidazole rings is 1. The lowest BCUT2D eigenvalue weighted by Gasteiger charge is -1.99. The summed E-state index contributed by atoms with van der Waals surface area (Å²) in [4.78, 5) is 4.95. The van der Waals surface area contributed by atoms with E-state index in [0.29, 0.717) is 20.7 Å². The molecule has 17 heavy (non-hydrogen) atoms. The number of aromatic nitrogens is 3. The second-order valence-electron chi connectivity index (χ2n) is 3.69. The standard InChI is InChI=1S/C11H7ClFN3S/c1-6-2-3-7(8(13)4-6)9-5-16-11(14-9)17-10(12)15-16/h2-5H,1H3. The largest absolute Gasteiger partial charge is 0.217 e. The van der Waals surface area contributed by atoms with E-state index in [1.807, 2.05) is 13.0 Å². The maximum atomic E-state index is 13.8. The first-order valence-electron chi connectivity index (χ1n) is 4.92. The van der Waals surface area contributed by atoms with Crippen LogP contribution >= 0.6 is 22.9 Å². The molecule has 0 aliphatic rings. The van der Waals surface area contributed by atoms with Gasteiger partial charge in [0, 0.05) is 5.56 Å². The van der Waals surface area contributed by atoms with Gasteiger partial charge in [-0.1, -0.05) is 17.4 Å². The van der Waals surface area contributed by atoms with E-state index in [9.17, 15) is 4.39 Å². The minimum atomic E-state index is -0.276. The third-order valence-electron chi connectivity index (χ3n) is 2.42. The fraction of sp³-hybridized carbons (Fsp3) is 0.0909. The van der Waals surface area contributed by atoms with Gasteiger partial charge in [0.2, 0.25) is 9.43 Å². The van der Waals surface area contributed by atoms with Gasteiger partial charge in [0.25, 0.3) is 0 Å². The zero-order valence-corrected chi connectivity index (χ0v) is 10.4. The van der Waals surface area contributed by atoms with Crippen LogP contribution in [0.2, 0.25) is 4.47 Å². The lowest BCUT2D eigenvalue weighted by Crippen LogP contribution is -1.85. The summed E-state index contributed by atoms with van der Waals surface area (Å²) in [5, 5.41) is 4.02. The Kier molecular flexibility index (Phi) is 2.38. The number of fused-ring (bicyclic) bond motifs is 1. The summed E-state index contributed by atoms with van der Waals surface area (Å²) >= 11 is 7.01. The summed E-state index contributed by atoms with van der Waals surface area (Å²) in [6.45, 7) is 1.85. The highest BCUT2D eigenvalue weighted by atomic mass is 35.5.